The molecule has 2 heterocycles. The number of amides is 2. The molecule has 6 heteroatoms. The van der Waals surface area contributed by atoms with Crippen molar-refractivity contribution >= 4 is 23.6 Å². The van der Waals surface area contributed by atoms with Crippen LogP contribution in [0.2, 0.25) is 0 Å². The largest absolute Gasteiger partial charge is 0.454 e. The maximum Gasteiger partial charge on any atom is 0.231 e. The Balaban J connectivity index is 1.46. The fourth-order valence-corrected chi connectivity index (χ4v) is 4.34. The predicted octanol–water partition coefficient (Wildman–Crippen LogP) is 4.91. The molecule has 0 bridgehead atoms. The van der Waals surface area contributed by atoms with E-state index in [1.54, 1.807) is 16.0 Å². The maximum atomic E-state index is 13.7. The monoisotopic (exact) mass is 440 g/mol. The summed E-state index contributed by atoms with van der Waals surface area (Å²) in [6.45, 7) is 2.11. The lowest BCUT2D eigenvalue weighted by Crippen LogP contribution is -2.37. The Morgan fingerprint density at radius 2 is 1.73 bits per heavy atom. The lowest BCUT2D eigenvalue weighted by Gasteiger charge is -2.34. The minimum atomic E-state index is -0.362. The first-order valence-electron chi connectivity index (χ1n) is 10.9. The molecule has 0 spiro atoms. The van der Waals surface area contributed by atoms with Gasteiger partial charge in [0.25, 0.3) is 0 Å². The molecule has 2 aliphatic rings. The normalized spacial score (nSPS) is 15.8. The van der Waals surface area contributed by atoms with Crippen LogP contribution in [0.3, 0.4) is 0 Å². The van der Waals surface area contributed by atoms with Gasteiger partial charge in [0.15, 0.2) is 11.5 Å². The second-order valence-corrected chi connectivity index (χ2v) is 8.09. The molecular weight excluding hydrogens is 416 g/mol. The number of hydrogen-bond donors (Lipinski definition) is 0. The lowest BCUT2D eigenvalue weighted by molar-refractivity contribution is -0.129. The molecule has 0 saturated heterocycles. The molecule has 0 N–H and O–H groups in total. The minimum Gasteiger partial charge on any atom is -0.454 e. The van der Waals surface area contributed by atoms with E-state index >= 15 is 0 Å². The Labute approximate surface area is 192 Å². The van der Waals surface area contributed by atoms with Crippen molar-refractivity contribution in [3.05, 3.63) is 95.7 Å². The van der Waals surface area contributed by atoms with Crippen LogP contribution in [0.5, 0.6) is 11.5 Å². The second kappa shape index (κ2) is 8.82. The van der Waals surface area contributed by atoms with Crippen LogP contribution >= 0.6 is 0 Å². The van der Waals surface area contributed by atoms with Crippen molar-refractivity contribution in [2.75, 3.05) is 11.7 Å². The summed E-state index contributed by atoms with van der Waals surface area (Å²) in [5.74, 6) is 1.22. The van der Waals surface area contributed by atoms with E-state index in [1.807, 2.05) is 78.9 Å². The highest BCUT2D eigenvalue weighted by atomic mass is 16.7. The molecular formula is C27H24N2O4. The molecule has 0 aromatic heterocycles. The number of ether oxygens (including phenoxy) is 2. The number of anilines is 1. The summed E-state index contributed by atoms with van der Waals surface area (Å²) >= 11 is 0. The Kier molecular flexibility index (Phi) is 5.57. The van der Waals surface area contributed by atoms with Gasteiger partial charge in [0.2, 0.25) is 18.6 Å². The fourth-order valence-electron chi connectivity index (χ4n) is 4.34. The van der Waals surface area contributed by atoms with E-state index in [2.05, 4.69) is 0 Å². The van der Waals surface area contributed by atoms with E-state index < -0.39 is 0 Å². The van der Waals surface area contributed by atoms with Crippen LogP contribution in [0.15, 0.2) is 79.0 Å². The van der Waals surface area contributed by atoms with Crippen molar-refractivity contribution in [2.45, 2.75) is 25.9 Å². The molecule has 5 rings (SSSR count). The third-order valence-corrected chi connectivity index (χ3v) is 5.98. The van der Waals surface area contributed by atoms with E-state index in [-0.39, 0.29) is 31.1 Å². The van der Waals surface area contributed by atoms with Crippen molar-refractivity contribution in [2.24, 2.45) is 0 Å². The number of hydrogen-bond acceptors (Lipinski definition) is 4. The quantitative estimate of drug-likeness (QED) is 0.566. The molecule has 0 saturated carbocycles. The fraction of sp³-hybridized carbons (Fsp3) is 0.185. The number of para-hydroxylation sites is 1. The third kappa shape index (κ3) is 4.20. The predicted molar refractivity (Wildman–Crippen MR) is 126 cm³/mol. The molecule has 2 aliphatic heterocycles. The Morgan fingerprint density at radius 3 is 2.55 bits per heavy atom. The van der Waals surface area contributed by atoms with Crippen molar-refractivity contribution in [3.8, 4) is 11.5 Å². The number of rotatable bonds is 5. The van der Waals surface area contributed by atoms with Crippen LogP contribution in [0.1, 0.15) is 36.1 Å². The van der Waals surface area contributed by atoms with Gasteiger partial charge < -0.3 is 19.3 Å². The highest BCUT2D eigenvalue weighted by Gasteiger charge is 2.30. The first-order chi connectivity index (χ1) is 16.1. The number of nitrogens with zero attached hydrogens (tertiary/aromatic N) is 2. The molecule has 1 atom stereocenters. The van der Waals surface area contributed by atoms with Gasteiger partial charge in [0, 0.05) is 18.8 Å². The van der Waals surface area contributed by atoms with Crippen LogP contribution in [0, 0.1) is 0 Å². The molecule has 3 aromatic rings. The van der Waals surface area contributed by atoms with Gasteiger partial charge in [-0.15, -0.1) is 0 Å². The molecule has 1 unspecified atom stereocenters. The van der Waals surface area contributed by atoms with Crippen molar-refractivity contribution in [1.29, 1.82) is 0 Å². The van der Waals surface area contributed by atoms with Crippen molar-refractivity contribution < 1.29 is 19.1 Å². The number of carbonyl (C=O) groups is 2. The number of benzene rings is 3. The zero-order valence-electron chi connectivity index (χ0n) is 18.3. The van der Waals surface area contributed by atoms with Gasteiger partial charge in [0.1, 0.15) is 0 Å². The van der Waals surface area contributed by atoms with Crippen molar-refractivity contribution in [1.82, 2.24) is 4.90 Å². The van der Waals surface area contributed by atoms with Crippen LogP contribution < -0.4 is 14.4 Å². The van der Waals surface area contributed by atoms with Crippen molar-refractivity contribution in [3.63, 3.8) is 0 Å². The standard InChI is InChI=1S/C27H24N2O4/c1-19(30)28-14-13-21-7-5-6-10-23(21)24(28)16-27(31)29(22-8-3-2-4-9-22)17-20-11-12-25-26(15-20)33-18-32-25/h2-15,24H,16-18H2,1H3. The van der Waals surface area contributed by atoms with Crippen LogP contribution in [0.4, 0.5) is 5.69 Å². The van der Waals surface area contributed by atoms with Gasteiger partial charge in [-0.1, -0.05) is 48.5 Å². The first-order valence-corrected chi connectivity index (χ1v) is 10.9. The summed E-state index contributed by atoms with van der Waals surface area (Å²) in [6, 6.07) is 22.8. The SMILES string of the molecule is CC(=O)N1C=Cc2ccccc2C1CC(=O)N(Cc1ccc2c(c1)OCO2)c1ccccc1. The maximum absolute atomic E-state index is 13.7. The summed E-state index contributed by atoms with van der Waals surface area (Å²) in [5, 5.41) is 0. The zero-order valence-corrected chi connectivity index (χ0v) is 18.3. The molecule has 166 valence electrons. The highest BCUT2D eigenvalue weighted by molar-refractivity contribution is 5.94. The average molecular weight is 440 g/mol. The smallest absolute Gasteiger partial charge is 0.231 e. The molecule has 0 fully saturated rings. The lowest BCUT2D eigenvalue weighted by atomic mass is 9.93. The van der Waals surface area contributed by atoms with Gasteiger partial charge in [-0.05, 0) is 47.0 Å². The van der Waals surface area contributed by atoms with Gasteiger partial charge in [-0.3, -0.25) is 9.59 Å². The van der Waals surface area contributed by atoms with Gasteiger partial charge >= 0.3 is 0 Å². The summed E-state index contributed by atoms with van der Waals surface area (Å²) in [6.07, 6.45) is 3.85. The highest BCUT2D eigenvalue weighted by Crippen LogP contribution is 2.35. The van der Waals surface area contributed by atoms with Gasteiger partial charge in [-0.25, -0.2) is 0 Å². The molecule has 33 heavy (non-hydrogen) atoms. The molecule has 3 aromatic carbocycles. The van der Waals surface area contributed by atoms with Crippen LogP contribution in [-0.4, -0.2) is 23.5 Å². The summed E-state index contributed by atoms with van der Waals surface area (Å²) in [7, 11) is 0. The Bertz CT molecular complexity index is 1220. The zero-order chi connectivity index (χ0) is 22.8. The minimum absolute atomic E-state index is 0.0692. The van der Waals surface area contributed by atoms with E-state index in [4.69, 9.17) is 9.47 Å². The second-order valence-electron chi connectivity index (χ2n) is 8.09. The molecule has 0 aliphatic carbocycles. The van der Waals surface area contributed by atoms with Crippen LogP contribution in [0.25, 0.3) is 6.08 Å². The molecule has 0 radical (unpaired) electrons. The first kappa shape index (κ1) is 20.8. The Morgan fingerprint density at radius 1 is 0.970 bits per heavy atom. The summed E-state index contributed by atoms with van der Waals surface area (Å²) in [4.78, 5) is 29.5. The number of fused-ring (bicyclic) bond motifs is 2. The average Bonchev–Trinajstić information content (AvgIpc) is 3.31. The molecule has 2 amide bonds. The topological polar surface area (TPSA) is 59.1 Å². The van der Waals surface area contributed by atoms with E-state index in [1.165, 1.54) is 6.92 Å². The molecule has 6 nitrogen and oxygen atoms in total. The Hall–Kier alpha value is -4.06. The third-order valence-electron chi connectivity index (χ3n) is 5.98. The van der Waals surface area contributed by atoms with Gasteiger partial charge in [0.05, 0.1) is 19.0 Å². The number of carbonyl (C=O) groups excluding carboxylic acids is 2. The summed E-state index contributed by atoms with van der Waals surface area (Å²) in [5.41, 5.74) is 3.73. The summed E-state index contributed by atoms with van der Waals surface area (Å²) < 4.78 is 10.9. The van der Waals surface area contributed by atoms with E-state index in [0.717, 1.165) is 22.4 Å². The van der Waals surface area contributed by atoms with Crippen LogP contribution in [-0.2, 0) is 16.1 Å². The van der Waals surface area contributed by atoms with E-state index in [0.29, 0.717) is 18.0 Å². The van der Waals surface area contributed by atoms with E-state index in [9.17, 15) is 9.59 Å². The van der Waals surface area contributed by atoms with Gasteiger partial charge in [-0.2, -0.15) is 0 Å².